The summed E-state index contributed by atoms with van der Waals surface area (Å²) in [5.74, 6) is 0.414. The predicted molar refractivity (Wildman–Crippen MR) is 95.8 cm³/mol. The van der Waals surface area contributed by atoms with Gasteiger partial charge in [0.2, 0.25) is 0 Å². The molecule has 1 aromatic carbocycles. The Bertz CT molecular complexity index is 728. The molecule has 1 saturated heterocycles. The van der Waals surface area contributed by atoms with E-state index in [1.54, 1.807) is 12.1 Å². The molecule has 0 aliphatic carbocycles. The van der Waals surface area contributed by atoms with Gasteiger partial charge in [0.25, 0.3) is 0 Å². The first-order chi connectivity index (χ1) is 12.9. The van der Waals surface area contributed by atoms with Crippen LogP contribution in [0, 0.1) is 0 Å². The van der Waals surface area contributed by atoms with Crippen molar-refractivity contribution in [3.63, 3.8) is 0 Å². The van der Waals surface area contributed by atoms with Crippen molar-refractivity contribution in [2.45, 2.75) is 19.0 Å². The summed E-state index contributed by atoms with van der Waals surface area (Å²) in [4.78, 5) is 11.9. The minimum atomic E-state index is -4.52. The second-order valence-corrected chi connectivity index (χ2v) is 6.72. The molecule has 2 heterocycles. The Morgan fingerprint density at radius 2 is 1.74 bits per heavy atom. The van der Waals surface area contributed by atoms with Crippen molar-refractivity contribution in [1.29, 1.82) is 0 Å². The van der Waals surface area contributed by atoms with Gasteiger partial charge in [0.05, 0.1) is 0 Å². The number of ether oxygens (including phenoxy) is 1. The molecule has 0 unspecified atom stereocenters. The molecule has 1 aromatic heterocycles. The molecular formula is C19H23F3N4O. The van der Waals surface area contributed by atoms with Gasteiger partial charge in [0.15, 0.2) is 5.69 Å². The molecule has 1 fully saturated rings. The topological polar surface area (TPSA) is 41.5 Å². The average molecular weight is 380 g/mol. The SMILES string of the molecule is CN1CCN(CCCc2ccc(Oc3nccc(C(F)(F)F)n3)cc2)CC1. The molecule has 146 valence electrons. The summed E-state index contributed by atoms with van der Waals surface area (Å²) >= 11 is 0. The lowest BCUT2D eigenvalue weighted by Crippen LogP contribution is -2.44. The summed E-state index contributed by atoms with van der Waals surface area (Å²) in [5, 5.41) is 0. The first-order valence-electron chi connectivity index (χ1n) is 8.98. The number of piperazine rings is 1. The summed E-state index contributed by atoms with van der Waals surface area (Å²) in [6, 6.07) is 7.81. The van der Waals surface area contributed by atoms with E-state index in [0.29, 0.717) is 5.75 Å². The molecule has 1 aliphatic heterocycles. The zero-order valence-corrected chi connectivity index (χ0v) is 15.2. The van der Waals surface area contributed by atoms with Crippen LogP contribution in [0.5, 0.6) is 11.8 Å². The van der Waals surface area contributed by atoms with Gasteiger partial charge in [-0.2, -0.15) is 18.2 Å². The third-order valence-electron chi connectivity index (χ3n) is 4.59. The van der Waals surface area contributed by atoms with E-state index in [1.165, 1.54) is 5.56 Å². The van der Waals surface area contributed by atoms with Gasteiger partial charge in [0, 0.05) is 32.4 Å². The van der Waals surface area contributed by atoms with E-state index in [-0.39, 0.29) is 6.01 Å². The number of nitrogens with zero attached hydrogens (tertiary/aromatic N) is 4. The number of aryl methyl sites for hydroxylation is 1. The van der Waals surface area contributed by atoms with Crippen molar-refractivity contribution in [3.05, 3.63) is 47.8 Å². The van der Waals surface area contributed by atoms with Crippen LogP contribution >= 0.6 is 0 Å². The van der Waals surface area contributed by atoms with E-state index >= 15 is 0 Å². The summed E-state index contributed by atoms with van der Waals surface area (Å²) in [6.45, 7) is 5.53. The lowest BCUT2D eigenvalue weighted by atomic mass is 10.1. The minimum Gasteiger partial charge on any atom is -0.424 e. The smallest absolute Gasteiger partial charge is 0.424 e. The largest absolute Gasteiger partial charge is 0.433 e. The highest BCUT2D eigenvalue weighted by Crippen LogP contribution is 2.28. The van der Waals surface area contributed by atoms with Crippen LogP contribution in [0.4, 0.5) is 13.2 Å². The summed E-state index contributed by atoms with van der Waals surface area (Å²) in [6.07, 6.45) is -1.46. The van der Waals surface area contributed by atoms with E-state index in [0.717, 1.165) is 57.8 Å². The van der Waals surface area contributed by atoms with Crippen LogP contribution in [0.2, 0.25) is 0 Å². The zero-order valence-electron chi connectivity index (χ0n) is 15.2. The van der Waals surface area contributed by atoms with E-state index in [9.17, 15) is 13.2 Å². The summed E-state index contributed by atoms with van der Waals surface area (Å²) < 4.78 is 43.4. The highest BCUT2D eigenvalue weighted by Gasteiger charge is 2.33. The number of rotatable bonds is 6. The molecule has 1 aliphatic rings. The molecule has 0 atom stereocenters. The number of halogens is 3. The van der Waals surface area contributed by atoms with Crippen LogP contribution in [-0.4, -0.2) is 59.5 Å². The quantitative estimate of drug-likeness (QED) is 0.768. The molecule has 0 N–H and O–H groups in total. The first-order valence-corrected chi connectivity index (χ1v) is 8.98. The summed E-state index contributed by atoms with van der Waals surface area (Å²) in [5.41, 5.74) is 0.148. The third kappa shape index (κ3) is 5.90. The minimum absolute atomic E-state index is 0.312. The highest BCUT2D eigenvalue weighted by molar-refractivity contribution is 5.29. The Morgan fingerprint density at radius 3 is 2.41 bits per heavy atom. The second kappa shape index (κ2) is 8.67. The van der Waals surface area contributed by atoms with Gasteiger partial charge in [0.1, 0.15) is 5.75 Å². The van der Waals surface area contributed by atoms with E-state index in [4.69, 9.17) is 4.74 Å². The fourth-order valence-electron chi connectivity index (χ4n) is 2.96. The molecule has 2 aromatic rings. The average Bonchev–Trinajstić information content (AvgIpc) is 2.64. The number of alkyl halides is 3. The number of hydrogen-bond donors (Lipinski definition) is 0. The van der Waals surface area contributed by atoms with Gasteiger partial charge in [-0.05, 0) is 50.2 Å². The van der Waals surface area contributed by atoms with Crippen molar-refractivity contribution in [3.8, 4) is 11.8 Å². The van der Waals surface area contributed by atoms with Crippen LogP contribution in [0.25, 0.3) is 0 Å². The maximum Gasteiger partial charge on any atom is 0.433 e. The second-order valence-electron chi connectivity index (χ2n) is 6.72. The molecule has 3 rings (SSSR count). The van der Waals surface area contributed by atoms with Crippen LogP contribution in [0.3, 0.4) is 0 Å². The van der Waals surface area contributed by atoms with Crippen molar-refractivity contribution in [2.24, 2.45) is 0 Å². The Labute approximate surface area is 156 Å². The molecule has 0 spiro atoms. The van der Waals surface area contributed by atoms with Gasteiger partial charge in [-0.1, -0.05) is 12.1 Å². The lowest BCUT2D eigenvalue weighted by Gasteiger charge is -2.32. The molecule has 0 radical (unpaired) electrons. The van der Waals surface area contributed by atoms with Crippen molar-refractivity contribution in [2.75, 3.05) is 39.8 Å². The Balaban J connectivity index is 1.49. The van der Waals surface area contributed by atoms with Gasteiger partial charge < -0.3 is 14.5 Å². The predicted octanol–water partition coefficient (Wildman–Crippen LogP) is 3.47. The van der Waals surface area contributed by atoms with Gasteiger partial charge in [-0.15, -0.1) is 0 Å². The fraction of sp³-hybridized carbons (Fsp3) is 0.474. The van der Waals surface area contributed by atoms with Crippen LogP contribution in [-0.2, 0) is 12.6 Å². The molecule has 8 heteroatoms. The number of aromatic nitrogens is 2. The highest BCUT2D eigenvalue weighted by atomic mass is 19.4. The molecule has 27 heavy (non-hydrogen) atoms. The first kappa shape index (κ1) is 19.6. The van der Waals surface area contributed by atoms with Gasteiger partial charge in [-0.3, -0.25) is 0 Å². The van der Waals surface area contributed by atoms with Gasteiger partial charge in [-0.25, -0.2) is 4.98 Å². The molecule has 0 amide bonds. The molecule has 5 nitrogen and oxygen atoms in total. The number of hydrogen-bond acceptors (Lipinski definition) is 5. The zero-order chi connectivity index (χ0) is 19.3. The van der Waals surface area contributed by atoms with Gasteiger partial charge >= 0.3 is 12.2 Å². The maximum atomic E-state index is 12.7. The fourth-order valence-corrected chi connectivity index (χ4v) is 2.96. The standard InChI is InChI=1S/C19H23F3N4O/c1-25-11-13-26(14-12-25)10-2-3-15-4-6-16(7-5-15)27-18-23-9-8-17(24-18)19(20,21)22/h4-9H,2-3,10-14H2,1H3. The van der Waals surface area contributed by atoms with E-state index in [1.807, 2.05) is 12.1 Å². The van der Waals surface area contributed by atoms with E-state index < -0.39 is 11.9 Å². The Kier molecular flexibility index (Phi) is 6.28. The maximum absolute atomic E-state index is 12.7. The van der Waals surface area contributed by atoms with Crippen molar-refractivity contribution >= 4 is 0 Å². The number of likely N-dealkylation sites (N-methyl/N-ethyl adjacent to an activating group) is 1. The van der Waals surface area contributed by atoms with Crippen molar-refractivity contribution in [1.82, 2.24) is 19.8 Å². The summed E-state index contributed by atoms with van der Waals surface area (Å²) in [7, 11) is 2.14. The number of benzene rings is 1. The van der Waals surface area contributed by atoms with Crippen LogP contribution in [0.1, 0.15) is 17.7 Å². The Morgan fingerprint density at radius 1 is 1.04 bits per heavy atom. The Hall–Kier alpha value is -2.19. The van der Waals surface area contributed by atoms with E-state index in [2.05, 4.69) is 26.8 Å². The molecule has 0 bridgehead atoms. The monoisotopic (exact) mass is 380 g/mol. The molecular weight excluding hydrogens is 357 g/mol. The molecule has 0 saturated carbocycles. The normalized spacial score (nSPS) is 16.4. The van der Waals surface area contributed by atoms with Crippen molar-refractivity contribution < 1.29 is 17.9 Å². The van der Waals surface area contributed by atoms with Crippen LogP contribution < -0.4 is 4.74 Å². The third-order valence-corrected chi connectivity index (χ3v) is 4.59. The van der Waals surface area contributed by atoms with Crippen LogP contribution in [0.15, 0.2) is 36.5 Å². The lowest BCUT2D eigenvalue weighted by molar-refractivity contribution is -0.141.